The topological polar surface area (TPSA) is 113 Å². The van der Waals surface area contributed by atoms with Gasteiger partial charge in [0.25, 0.3) is 11.8 Å². The van der Waals surface area contributed by atoms with Gasteiger partial charge in [0.15, 0.2) is 0 Å². The van der Waals surface area contributed by atoms with Gasteiger partial charge < -0.3 is 21.3 Å². The molecule has 196 valence electrons. The van der Waals surface area contributed by atoms with Gasteiger partial charge in [-0.1, -0.05) is 18.2 Å². The van der Waals surface area contributed by atoms with Crippen molar-refractivity contribution in [3.8, 4) is 0 Å². The summed E-state index contributed by atoms with van der Waals surface area (Å²) < 4.78 is 38.5. The highest BCUT2D eigenvalue weighted by atomic mass is 19.4. The molecule has 4 N–H and O–H groups in total. The van der Waals surface area contributed by atoms with Gasteiger partial charge in [0.2, 0.25) is 0 Å². The maximum absolute atomic E-state index is 12.8. The van der Waals surface area contributed by atoms with E-state index < -0.39 is 23.6 Å². The smallest absolute Gasteiger partial charge is 0.366 e. The van der Waals surface area contributed by atoms with E-state index in [1.807, 2.05) is 25.1 Å². The van der Waals surface area contributed by atoms with E-state index in [4.69, 9.17) is 5.73 Å². The lowest BCUT2D eigenvalue weighted by molar-refractivity contribution is -0.137. The lowest BCUT2D eigenvalue weighted by Gasteiger charge is -2.24. The van der Waals surface area contributed by atoms with Gasteiger partial charge in [-0.3, -0.25) is 9.59 Å². The zero-order valence-electron chi connectivity index (χ0n) is 20.6. The van der Waals surface area contributed by atoms with E-state index in [1.165, 1.54) is 6.33 Å². The molecule has 0 saturated carbocycles. The predicted molar refractivity (Wildman–Crippen MR) is 139 cm³/mol. The van der Waals surface area contributed by atoms with Crippen LogP contribution < -0.4 is 16.4 Å². The third kappa shape index (κ3) is 6.06. The number of para-hydroxylation sites is 1. The van der Waals surface area contributed by atoms with Crippen LogP contribution in [0.25, 0.3) is 10.9 Å². The number of likely N-dealkylation sites (N-methyl/N-ethyl adjacent to an activating group) is 1. The van der Waals surface area contributed by atoms with Gasteiger partial charge in [0.1, 0.15) is 12.1 Å². The highest BCUT2D eigenvalue weighted by molar-refractivity contribution is 6.07. The number of aromatic nitrogens is 2. The molecule has 4 aromatic rings. The first kappa shape index (κ1) is 26.6. The minimum atomic E-state index is -4.48. The number of fused-ring (bicyclic) bond motifs is 1. The Bertz CT molecular complexity index is 1470. The fraction of sp³-hybridized carbons (Fsp3) is 0.185. The van der Waals surface area contributed by atoms with Crippen molar-refractivity contribution in [3.05, 3.63) is 95.3 Å². The summed E-state index contributed by atoms with van der Waals surface area (Å²) in [7, 11) is 3.82. The zero-order chi connectivity index (χ0) is 27.4. The van der Waals surface area contributed by atoms with Gasteiger partial charge in [-0.2, -0.15) is 13.2 Å². The van der Waals surface area contributed by atoms with Gasteiger partial charge >= 0.3 is 6.18 Å². The third-order valence-electron chi connectivity index (χ3n) is 5.81. The Kier molecular flexibility index (Phi) is 7.58. The summed E-state index contributed by atoms with van der Waals surface area (Å²) in [5.74, 6) is -0.625. The van der Waals surface area contributed by atoms with Gasteiger partial charge in [-0.05, 0) is 68.2 Å². The Labute approximate surface area is 216 Å². The number of rotatable bonds is 8. The van der Waals surface area contributed by atoms with E-state index >= 15 is 0 Å². The molecule has 4 rings (SSSR count). The molecule has 8 nitrogen and oxygen atoms in total. The van der Waals surface area contributed by atoms with Gasteiger partial charge in [-0.15, -0.1) is 0 Å². The highest BCUT2D eigenvalue weighted by Crippen LogP contribution is 2.30. The molecule has 2 amide bonds. The van der Waals surface area contributed by atoms with Crippen LogP contribution >= 0.6 is 0 Å². The van der Waals surface area contributed by atoms with Crippen molar-refractivity contribution in [1.82, 2.24) is 14.9 Å². The second kappa shape index (κ2) is 10.9. The quantitative estimate of drug-likeness (QED) is 0.309. The van der Waals surface area contributed by atoms with Crippen LogP contribution in [0.2, 0.25) is 0 Å². The summed E-state index contributed by atoms with van der Waals surface area (Å²) in [6.07, 6.45) is -3.13. The van der Waals surface area contributed by atoms with E-state index in [0.717, 1.165) is 29.8 Å². The fourth-order valence-corrected chi connectivity index (χ4v) is 4.01. The van der Waals surface area contributed by atoms with Crippen molar-refractivity contribution >= 4 is 34.2 Å². The molecule has 1 aromatic heterocycles. The number of nitrogens with zero attached hydrogens (tertiary/aromatic N) is 3. The molecule has 0 aliphatic carbocycles. The Hall–Kier alpha value is -4.51. The summed E-state index contributed by atoms with van der Waals surface area (Å²) in [5.41, 5.74) is 6.78. The van der Waals surface area contributed by atoms with E-state index in [1.54, 1.807) is 36.4 Å². The molecule has 38 heavy (non-hydrogen) atoms. The molecular weight excluding hydrogens is 497 g/mol. The lowest BCUT2D eigenvalue weighted by Crippen LogP contribution is -2.26. The summed E-state index contributed by atoms with van der Waals surface area (Å²) in [4.78, 5) is 35.1. The van der Waals surface area contributed by atoms with Crippen LogP contribution in [0.1, 0.15) is 37.9 Å². The van der Waals surface area contributed by atoms with Crippen LogP contribution in [0, 0.1) is 0 Å². The first-order valence-corrected chi connectivity index (χ1v) is 11.6. The molecule has 0 spiro atoms. The number of carbonyl (C=O) groups excluding carboxylic acids is 2. The van der Waals surface area contributed by atoms with Crippen molar-refractivity contribution < 1.29 is 22.8 Å². The van der Waals surface area contributed by atoms with Gasteiger partial charge in [0, 0.05) is 23.2 Å². The summed E-state index contributed by atoms with van der Waals surface area (Å²) in [6, 6.07) is 15.9. The van der Waals surface area contributed by atoms with Crippen molar-refractivity contribution in [2.24, 2.45) is 5.73 Å². The number of halogens is 3. The number of nitrogens with two attached hydrogens (primary N) is 1. The Balaban J connectivity index is 1.60. The first-order chi connectivity index (χ1) is 18.0. The maximum atomic E-state index is 12.8. The molecule has 0 aliphatic rings. The van der Waals surface area contributed by atoms with Crippen LogP contribution in [0.15, 0.2) is 73.1 Å². The van der Waals surface area contributed by atoms with Gasteiger partial charge in [-0.25, -0.2) is 9.97 Å². The third-order valence-corrected chi connectivity index (χ3v) is 5.81. The fourth-order valence-electron chi connectivity index (χ4n) is 4.01. The number of hydrogen-bond donors (Lipinski definition) is 3. The zero-order valence-corrected chi connectivity index (χ0v) is 20.6. The molecule has 0 fully saturated rings. The molecule has 11 heteroatoms. The standard InChI is InChI=1S/C27H25F3N6O2/c1-36(2)14-22(35-25-21-8-4-7-20(24(31)37)23(21)32-15-33-25)17-5-3-6-19(13-17)34-26(38)16-9-11-18(12-10-16)27(28,29)30/h3-13,15,22H,14H2,1-2H3,(H2,31,37)(H,34,38)(H,32,33,35). The lowest BCUT2D eigenvalue weighted by atomic mass is 10.0. The molecule has 3 aromatic carbocycles. The molecule has 0 bridgehead atoms. The van der Waals surface area contributed by atoms with E-state index in [-0.39, 0.29) is 17.2 Å². The van der Waals surface area contributed by atoms with Crippen LogP contribution in [0.3, 0.4) is 0 Å². The molecule has 1 heterocycles. The second-order valence-electron chi connectivity index (χ2n) is 8.90. The Morgan fingerprint density at radius 3 is 2.37 bits per heavy atom. The second-order valence-corrected chi connectivity index (χ2v) is 8.90. The number of primary amides is 1. The molecule has 0 saturated heterocycles. The highest BCUT2D eigenvalue weighted by Gasteiger charge is 2.30. The Morgan fingerprint density at radius 2 is 1.71 bits per heavy atom. The minimum absolute atomic E-state index is 0.101. The van der Waals surface area contributed by atoms with Crippen molar-refractivity contribution in [2.75, 3.05) is 31.3 Å². The first-order valence-electron chi connectivity index (χ1n) is 11.6. The molecule has 1 atom stereocenters. The number of carbonyl (C=O) groups is 2. The van der Waals surface area contributed by atoms with Crippen LogP contribution in [0.4, 0.5) is 24.7 Å². The van der Waals surface area contributed by atoms with Gasteiger partial charge in [0.05, 0.1) is 22.7 Å². The normalized spacial score (nSPS) is 12.4. The minimum Gasteiger partial charge on any atom is -0.366 e. The largest absolute Gasteiger partial charge is 0.416 e. The summed E-state index contributed by atoms with van der Waals surface area (Å²) >= 11 is 0. The predicted octanol–water partition coefficient (Wildman–Crippen LogP) is 4.71. The maximum Gasteiger partial charge on any atom is 0.416 e. The number of amides is 2. The molecule has 1 unspecified atom stereocenters. The number of benzene rings is 3. The van der Waals surface area contributed by atoms with Crippen LogP contribution in [-0.2, 0) is 6.18 Å². The average molecular weight is 523 g/mol. The Morgan fingerprint density at radius 1 is 1.00 bits per heavy atom. The van der Waals surface area contributed by atoms with Crippen LogP contribution in [0.5, 0.6) is 0 Å². The van der Waals surface area contributed by atoms with E-state index in [2.05, 4.69) is 20.6 Å². The molecule has 0 aliphatic heterocycles. The van der Waals surface area contributed by atoms with Crippen molar-refractivity contribution in [1.29, 1.82) is 0 Å². The van der Waals surface area contributed by atoms with Crippen LogP contribution in [-0.4, -0.2) is 47.3 Å². The van der Waals surface area contributed by atoms with Crippen molar-refractivity contribution in [2.45, 2.75) is 12.2 Å². The SMILES string of the molecule is CN(C)CC(Nc1ncnc2c(C(N)=O)cccc12)c1cccc(NC(=O)c2ccc(C(F)(F)F)cc2)c1. The number of hydrogen-bond acceptors (Lipinski definition) is 6. The average Bonchev–Trinajstić information content (AvgIpc) is 2.87. The number of nitrogens with one attached hydrogen (secondary N) is 2. The summed E-state index contributed by atoms with van der Waals surface area (Å²) in [5, 5.41) is 6.77. The monoisotopic (exact) mass is 522 g/mol. The van der Waals surface area contributed by atoms with E-state index in [9.17, 15) is 22.8 Å². The van der Waals surface area contributed by atoms with E-state index in [0.29, 0.717) is 29.0 Å². The van der Waals surface area contributed by atoms with Crippen molar-refractivity contribution in [3.63, 3.8) is 0 Å². The molecule has 0 radical (unpaired) electrons. The number of alkyl halides is 3. The number of anilines is 2. The summed E-state index contributed by atoms with van der Waals surface area (Å²) in [6.45, 7) is 0.553. The molecular formula is C27H25F3N6O2.